The fourth-order valence-corrected chi connectivity index (χ4v) is 2.48. The van der Waals surface area contributed by atoms with E-state index in [4.69, 9.17) is 0 Å². The Morgan fingerprint density at radius 2 is 1.81 bits per heavy atom. The van der Waals surface area contributed by atoms with Gasteiger partial charge in [0.2, 0.25) is 0 Å². The van der Waals surface area contributed by atoms with E-state index in [1.165, 1.54) is 71.2 Å². The topological polar surface area (TPSA) is 15.3 Å². The quantitative estimate of drug-likeness (QED) is 0.640. The predicted molar refractivity (Wildman–Crippen MR) is 71.8 cm³/mol. The number of rotatable bonds is 8. The summed E-state index contributed by atoms with van der Waals surface area (Å²) in [6, 6.07) is 0. The first-order valence-electron chi connectivity index (χ1n) is 7.29. The Morgan fingerprint density at radius 1 is 1.06 bits per heavy atom. The van der Waals surface area contributed by atoms with Crippen LogP contribution in [0.5, 0.6) is 0 Å². The van der Waals surface area contributed by atoms with Crippen LogP contribution in [0.2, 0.25) is 0 Å². The molecule has 0 aromatic heterocycles. The summed E-state index contributed by atoms with van der Waals surface area (Å²) in [5.41, 5.74) is 0. The molecule has 0 amide bonds. The van der Waals surface area contributed by atoms with Crippen LogP contribution >= 0.6 is 0 Å². The number of piperidine rings is 1. The van der Waals surface area contributed by atoms with Crippen LogP contribution in [0.15, 0.2) is 0 Å². The van der Waals surface area contributed by atoms with E-state index in [2.05, 4.69) is 24.1 Å². The number of hydrogen-bond donors (Lipinski definition) is 1. The summed E-state index contributed by atoms with van der Waals surface area (Å²) in [6.07, 6.45) is 8.21. The van der Waals surface area contributed by atoms with Gasteiger partial charge in [0.15, 0.2) is 0 Å². The molecular formula is C14H30N2. The third kappa shape index (κ3) is 5.86. The minimum Gasteiger partial charge on any atom is -0.316 e. The van der Waals surface area contributed by atoms with Crippen molar-refractivity contribution >= 4 is 0 Å². The van der Waals surface area contributed by atoms with Crippen LogP contribution in [0.25, 0.3) is 0 Å². The van der Waals surface area contributed by atoms with Gasteiger partial charge in [0.1, 0.15) is 0 Å². The minimum atomic E-state index is 0.939. The van der Waals surface area contributed by atoms with E-state index in [0.717, 1.165) is 5.92 Å². The van der Waals surface area contributed by atoms with E-state index >= 15 is 0 Å². The van der Waals surface area contributed by atoms with Crippen molar-refractivity contribution in [2.75, 3.05) is 32.7 Å². The Labute approximate surface area is 102 Å². The molecule has 1 rings (SSSR count). The molecule has 0 aliphatic carbocycles. The molecule has 0 bridgehead atoms. The Balaban J connectivity index is 2.00. The van der Waals surface area contributed by atoms with Gasteiger partial charge in [-0.2, -0.15) is 0 Å². The minimum absolute atomic E-state index is 0.939. The Morgan fingerprint density at radius 3 is 2.44 bits per heavy atom. The molecule has 2 heteroatoms. The molecular weight excluding hydrogens is 196 g/mol. The van der Waals surface area contributed by atoms with Crippen molar-refractivity contribution in [1.82, 2.24) is 10.2 Å². The van der Waals surface area contributed by atoms with Crippen LogP contribution in [0.1, 0.15) is 52.4 Å². The Kier molecular flexibility index (Phi) is 7.87. The fraction of sp³-hybridized carbons (Fsp3) is 1.00. The highest BCUT2D eigenvalue weighted by atomic mass is 15.1. The van der Waals surface area contributed by atoms with Crippen LogP contribution in [-0.4, -0.2) is 37.6 Å². The molecule has 0 atom stereocenters. The van der Waals surface area contributed by atoms with Crippen LogP contribution in [0.3, 0.4) is 0 Å². The van der Waals surface area contributed by atoms with Gasteiger partial charge in [-0.05, 0) is 64.3 Å². The fourth-order valence-electron chi connectivity index (χ4n) is 2.48. The van der Waals surface area contributed by atoms with Gasteiger partial charge in [0.05, 0.1) is 0 Å². The number of nitrogens with one attached hydrogen (secondary N) is 1. The summed E-state index contributed by atoms with van der Waals surface area (Å²) in [6.45, 7) is 11.0. The van der Waals surface area contributed by atoms with Crippen molar-refractivity contribution in [3.8, 4) is 0 Å². The van der Waals surface area contributed by atoms with Crippen LogP contribution in [-0.2, 0) is 0 Å². The van der Waals surface area contributed by atoms with E-state index in [1.807, 2.05) is 0 Å². The zero-order valence-corrected chi connectivity index (χ0v) is 11.3. The Hall–Kier alpha value is -0.0800. The SMILES string of the molecule is CCCCCN1CCC(CNCCC)CC1. The lowest BCUT2D eigenvalue weighted by molar-refractivity contribution is 0.179. The molecule has 0 radical (unpaired) electrons. The van der Waals surface area contributed by atoms with Gasteiger partial charge in [0.25, 0.3) is 0 Å². The molecule has 1 aliphatic rings. The molecule has 2 nitrogen and oxygen atoms in total. The van der Waals surface area contributed by atoms with Crippen LogP contribution in [0, 0.1) is 5.92 Å². The van der Waals surface area contributed by atoms with E-state index in [1.54, 1.807) is 0 Å². The summed E-state index contributed by atoms with van der Waals surface area (Å²) in [7, 11) is 0. The van der Waals surface area contributed by atoms with E-state index in [0.29, 0.717) is 0 Å². The molecule has 0 unspecified atom stereocenters. The molecule has 1 fully saturated rings. The zero-order chi connectivity index (χ0) is 11.6. The van der Waals surface area contributed by atoms with Gasteiger partial charge in [-0.3, -0.25) is 0 Å². The molecule has 1 saturated heterocycles. The third-order valence-electron chi connectivity index (χ3n) is 3.64. The van der Waals surface area contributed by atoms with Gasteiger partial charge < -0.3 is 10.2 Å². The molecule has 1 N–H and O–H groups in total. The van der Waals surface area contributed by atoms with Crippen LogP contribution < -0.4 is 5.32 Å². The molecule has 0 spiro atoms. The highest BCUT2D eigenvalue weighted by molar-refractivity contribution is 4.73. The maximum atomic E-state index is 3.55. The maximum Gasteiger partial charge on any atom is -0.00156 e. The number of unbranched alkanes of at least 4 members (excludes halogenated alkanes) is 2. The second kappa shape index (κ2) is 9.00. The second-order valence-corrected chi connectivity index (χ2v) is 5.20. The lowest BCUT2D eigenvalue weighted by atomic mass is 9.96. The maximum absolute atomic E-state index is 3.55. The second-order valence-electron chi connectivity index (χ2n) is 5.20. The summed E-state index contributed by atoms with van der Waals surface area (Å²) in [5.74, 6) is 0.939. The molecule has 0 saturated carbocycles. The summed E-state index contributed by atoms with van der Waals surface area (Å²) in [4.78, 5) is 2.66. The van der Waals surface area contributed by atoms with Crippen molar-refractivity contribution in [2.24, 2.45) is 5.92 Å². The normalized spacial score (nSPS) is 19.1. The van der Waals surface area contributed by atoms with Gasteiger partial charge in [-0.25, -0.2) is 0 Å². The summed E-state index contributed by atoms with van der Waals surface area (Å²) in [5, 5.41) is 3.55. The summed E-state index contributed by atoms with van der Waals surface area (Å²) < 4.78 is 0. The molecule has 0 aromatic carbocycles. The predicted octanol–water partition coefficient (Wildman–Crippen LogP) is 2.89. The number of hydrogen-bond acceptors (Lipinski definition) is 2. The first-order valence-corrected chi connectivity index (χ1v) is 7.29. The summed E-state index contributed by atoms with van der Waals surface area (Å²) >= 11 is 0. The lowest BCUT2D eigenvalue weighted by Crippen LogP contribution is -2.37. The standard InChI is InChI=1S/C14H30N2/c1-3-5-6-10-16-11-7-14(8-12-16)13-15-9-4-2/h14-15H,3-13H2,1-2H3. The first kappa shape index (κ1) is 14.0. The highest BCUT2D eigenvalue weighted by Gasteiger charge is 2.17. The smallest absolute Gasteiger partial charge is 0.00156 e. The van der Waals surface area contributed by atoms with Crippen molar-refractivity contribution < 1.29 is 0 Å². The van der Waals surface area contributed by atoms with Gasteiger partial charge in [0, 0.05) is 0 Å². The molecule has 16 heavy (non-hydrogen) atoms. The first-order chi connectivity index (χ1) is 7.86. The average Bonchev–Trinajstić information content (AvgIpc) is 2.32. The van der Waals surface area contributed by atoms with Gasteiger partial charge in [-0.15, -0.1) is 0 Å². The zero-order valence-electron chi connectivity index (χ0n) is 11.3. The lowest BCUT2D eigenvalue weighted by Gasteiger charge is -2.32. The van der Waals surface area contributed by atoms with E-state index in [9.17, 15) is 0 Å². The average molecular weight is 226 g/mol. The van der Waals surface area contributed by atoms with Gasteiger partial charge >= 0.3 is 0 Å². The third-order valence-corrected chi connectivity index (χ3v) is 3.64. The monoisotopic (exact) mass is 226 g/mol. The number of nitrogens with zero attached hydrogens (tertiary/aromatic N) is 1. The van der Waals surface area contributed by atoms with E-state index in [-0.39, 0.29) is 0 Å². The van der Waals surface area contributed by atoms with Crippen molar-refractivity contribution in [1.29, 1.82) is 0 Å². The Bertz CT molecular complexity index is 133. The van der Waals surface area contributed by atoms with Gasteiger partial charge in [-0.1, -0.05) is 26.7 Å². The van der Waals surface area contributed by atoms with Crippen molar-refractivity contribution in [2.45, 2.75) is 52.4 Å². The van der Waals surface area contributed by atoms with Crippen LogP contribution in [0.4, 0.5) is 0 Å². The largest absolute Gasteiger partial charge is 0.316 e. The van der Waals surface area contributed by atoms with Crippen molar-refractivity contribution in [3.05, 3.63) is 0 Å². The molecule has 96 valence electrons. The highest BCUT2D eigenvalue weighted by Crippen LogP contribution is 2.16. The van der Waals surface area contributed by atoms with Crippen molar-refractivity contribution in [3.63, 3.8) is 0 Å². The number of likely N-dealkylation sites (tertiary alicyclic amines) is 1. The molecule has 1 heterocycles. The molecule has 1 aliphatic heterocycles. The van der Waals surface area contributed by atoms with E-state index < -0.39 is 0 Å². The molecule has 0 aromatic rings.